The number of amides is 3. The number of aryl methyl sites for hydroxylation is 1. The van der Waals surface area contributed by atoms with E-state index in [1.807, 2.05) is 67.6 Å². The van der Waals surface area contributed by atoms with Crippen LogP contribution in [0.25, 0.3) is 6.08 Å². The summed E-state index contributed by atoms with van der Waals surface area (Å²) >= 11 is 1.30. The highest BCUT2D eigenvalue weighted by molar-refractivity contribution is 8.00. The van der Waals surface area contributed by atoms with Gasteiger partial charge in [-0.25, -0.2) is 4.39 Å². The lowest BCUT2D eigenvalue weighted by molar-refractivity contribution is -0.116. The normalized spacial score (nSPS) is 11.7. The summed E-state index contributed by atoms with van der Waals surface area (Å²) in [6, 6.07) is 38.5. The highest BCUT2D eigenvalue weighted by atomic mass is 32.2. The van der Waals surface area contributed by atoms with Crippen molar-refractivity contribution >= 4 is 46.9 Å². The molecule has 1 atom stereocenters. The van der Waals surface area contributed by atoms with Gasteiger partial charge in [-0.05, 0) is 78.2 Å². The molecule has 6 nitrogen and oxygen atoms in total. The van der Waals surface area contributed by atoms with Crippen LogP contribution in [-0.4, -0.2) is 17.7 Å². The van der Waals surface area contributed by atoms with Gasteiger partial charge in [-0.1, -0.05) is 84.9 Å². The van der Waals surface area contributed by atoms with E-state index in [2.05, 4.69) is 16.0 Å². The molecule has 1 unspecified atom stereocenters. The van der Waals surface area contributed by atoms with Gasteiger partial charge in [0, 0.05) is 16.1 Å². The molecule has 45 heavy (non-hydrogen) atoms. The number of carbonyl (C=O) groups excluding carboxylic acids is 3. The number of carbonyl (C=O) groups is 3. The maximum Gasteiger partial charge on any atom is 0.272 e. The van der Waals surface area contributed by atoms with Crippen molar-refractivity contribution in [1.82, 2.24) is 5.32 Å². The predicted molar refractivity (Wildman–Crippen MR) is 178 cm³/mol. The second kappa shape index (κ2) is 14.8. The van der Waals surface area contributed by atoms with Crippen molar-refractivity contribution in [2.75, 3.05) is 10.6 Å². The molecular weight excluding hydrogens is 585 g/mol. The second-order valence-electron chi connectivity index (χ2n) is 10.1. The minimum Gasteiger partial charge on any atom is -0.322 e. The van der Waals surface area contributed by atoms with Crippen LogP contribution in [0, 0.1) is 12.7 Å². The lowest BCUT2D eigenvalue weighted by atomic mass is 10.1. The second-order valence-corrected chi connectivity index (χ2v) is 11.3. The standard InChI is InChI=1S/C37H30FN3O3S/c1-25-12-8-9-17-28(25)24-33(41-35(42)27-15-6-3-7-16-27)36(43)39-29-20-22-30(23-21-29)45-34(26-13-4-2-5-14-26)37(44)40-32-19-11-10-18-31(32)38/h2-24,34H,1H3,(H,39,43)(H,40,44)(H,41,42)/b33-24-. The molecule has 0 heterocycles. The molecule has 0 saturated heterocycles. The van der Waals surface area contributed by atoms with Gasteiger partial charge >= 0.3 is 0 Å². The van der Waals surface area contributed by atoms with E-state index in [9.17, 15) is 18.8 Å². The maximum absolute atomic E-state index is 14.3. The number of nitrogens with one attached hydrogen (secondary N) is 3. The van der Waals surface area contributed by atoms with E-state index in [1.54, 1.807) is 66.7 Å². The fraction of sp³-hybridized carbons (Fsp3) is 0.0541. The third-order valence-corrected chi connectivity index (χ3v) is 8.12. The van der Waals surface area contributed by atoms with E-state index >= 15 is 0 Å². The average molecular weight is 616 g/mol. The number of para-hydroxylation sites is 1. The Balaban J connectivity index is 1.33. The summed E-state index contributed by atoms with van der Waals surface area (Å²) in [5.74, 6) is -1.78. The highest BCUT2D eigenvalue weighted by Gasteiger charge is 2.23. The number of halogens is 1. The first-order chi connectivity index (χ1) is 21.9. The Bertz CT molecular complexity index is 1830. The van der Waals surface area contributed by atoms with Gasteiger partial charge in [-0.2, -0.15) is 0 Å². The minimum atomic E-state index is -0.664. The van der Waals surface area contributed by atoms with Crippen molar-refractivity contribution in [3.05, 3.63) is 167 Å². The van der Waals surface area contributed by atoms with E-state index in [0.29, 0.717) is 11.3 Å². The SMILES string of the molecule is Cc1ccccc1/C=C(\NC(=O)c1ccccc1)C(=O)Nc1ccc(SC(C(=O)Nc2ccccc2F)c2ccccc2)cc1. The van der Waals surface area contributed by atoms with Crippen LogP contribution in [0.2, 0.25) is 0 Å². The zero-order valence-corrected chi connectivity index (χ0v) is 25.2. The average Bonchev–Trinajstić information content (AvgIpc) is 3.06. The summed E-state index contributed by atoms with van der Waals surface area (Å²) in [5, 5.41) is 7.65. The minimum absolute atomic E-state index is 0.0885. The van der Waals surface area contributed by atoms with Crippen molar-refractivity contribution in [3.63, 3.8) is 0 Å². The molecule has 0 radical (unpaired) electrons. The molecule has 0 aliphatic heterocycles. The van der Waals surface area contributed by atoms with Crippen molar-refractivity contribution < 1.29 is 18.8 Å². The molecule has 0 aromatic heterocycles. The molecule has 5 aromatic carbocycles. The maximum atomic E-state index is 14.3. The van der Waals surface area contributed by atoms with Gasteiger partial charge in [0.05, 0.1) is 5.69 Å². The number of hydrogen-bond donors (Lipinski definition) is 3. The van der Waals surface area contributed by atoms with E-state index < -0.39 is 22.9 Å². The summed E-state index contributed by atoms with van der Waals surface area (Å²) in [4.78, 5) is 40.5. The first-order valence-electron chi connectivity index (χ1n) is 14.2. The van der Waals surface area contributed by atoms with Crippen LogP contribution in [0.3, 0.4) is 0 Å². The van der Waals surface area contributed by atoms with Gasteiger partial charge in [0.2, 0.25) is 5.91 Å². The Hall–Kier alpha value is -5.47. The van der Waals surface area contributed by atoms with Crippen LogP contribution in [0.1, 0.15) is 32.3 Å². The molecule has 0 aliphatic carbocycles. The molecule has 0 spiro atoms. The summed E-state index contributed by atoms with van der Waals surface area (Å²) < 4.78 is 14.3. The lowest BCUT2D eigenvalue weighted by Gasteiger charge is -2.18. The molecule has 3 amide bonds. The van der Waals surface area contributed by atoms with Crippen LogP contribution < -0.4 is 16.0 Å². The fourth-order valence-corrected chi connectivity index (χ4v) is 5.48. The molecule has 0 saturated carbocycles. The van der Waals surface area contributed by atoms with E-state index in [0.717, 1.165) is 21.6 Å². The molecule has 3 N–H and O–H groups in total. The lowest BCUT2D eigenvalue weighted by Crippen LogP contribution is -2.30. The smallest absolute Gasteiger partial charge is 0.272 e. The Kier molecular flexibility index (Phi) is 10.2. The molecule has 8 heteroatoms. The number of hydrogen-bond acceptors (Lipinski definition) is 4. The zero-order valence-electron chi connectivity index (χ0n) is 24.4. The van der Waals surface area contributed by atoms with Gasteiger partial charge in [-0.15, -0.1) is 11.8 Å². The molecular formula is C37H30FN3O3S. The summed E-state index contributed by atoms with van der Waals surface area (Å²) in [6.45, 7) is 1.93. The number of thioether (sulfide) groups is 1. The molecule has 5 rings (SSSR count). The van der Waals surface area contributed by atoms with E-state index in [-0.39, 0.29) is 17.3 Å². The quantitative estimate of drug-likeness (QED) is 0.110. The summed E-state index contributed by atoms with van der Waals surface area (Å²) in [5.41, 5.74) is 3.62. The van der Waals surface area contributed by atoms with Crippen LogP contribution in [0.15, 0.2) is 144 Å². The van der Waals surface area contributed by atoms with Gasteiger partial charge in [0.1, 0.15) is 16.8 Å². The van der Waals surface area contributed by atoms with Crippen molar-refractivity contribution in [3.8, 4) is 0 Å². The number of rotatable bonds is 10. The fourth-order valence-electron chi connectivity index (χ4n) is 4.46. The highest BCUT2D eigenvalue weighted by Crippen LogP contribution is 2.37. The first-order valence-corrected chi connectivity index (χ1v) is 15.1. The Morgan fingerprint density at radius 2 is 1.33 bits per heavy atom. The van der Waals surface area contributed by atoms with Crippen LogP contribution in [-0.2, 0) is 9.59 Å². The van der Waals surface area contributed by atoms with Gasteiger partial charge in [-0.3, -0.25) is 14.4 Å². The number of anilines is 2. The van der Waals surface area contributed by atoms with E-state index in [1.165, 1.54) is 23.9 Å². The monoisotopic (exact) mass is 615 g/mol. The van der Waals surface area contributed by atoms with E-state index in [4.69, 9.17) is 0 Å². The predicted octanol–water partition coefficient (Wildman–Crippen LogP) is 8.02. The van der Waals surface area contributed by atoms with Gasteiger partial charge in [0.25, 0.3) is 11.8 Å². The third-order valence-electron chi connectivity index (χ3n) is 6.86. The first kappa shape index (κ1) is 31.0. The molecule has 0 fully saturated rings. The Morgan fingerprint density at radius 1 is 0.711 bits per heavy atom. The van der Waals surface area contributed by atoms with Gasteiger partial charge in [0.15, 0.2) is 0 Å². The van der Waals surface area contributed by atoms with Crippen molar-refractivity contribution in [2.45, 2.75) is 17.1 Å². The van der Waals surface area contributed by atoms with Crippen LogP contribution in [0.5, 0.6) is 0 Å². The topological polar surface area (TPSA) is 87.3 Å². The molecule has 5 aromatic rings. The third kappa shape index (κ3) is 8.34. The molecule has 0 aliphatic rings. The summed E-state index contributed by atoms with van der Waals surface area (Å²) in [7, 11) is 0. The molecule has 0 bridgehead atoms. The van der Waals surface area contributed by atoms with Crippen LogP contribution >= 0.6 is 11.8 Å². The van der Waals surface area contributed by atoms with Crippen LogP contribution in [0.4, 0.5) is 15.8 Å². The van der Waals surface area contributed by atoms with Gasteiger partial charge < -0.3 is 16.0 Å². The summed E-state index contributed by atoms with van der Waals surface area (Å²) in [6.07, 6.45) is 1.65. The molecule has 224 valence electrons. The number of benzene rings is 5. The largest absolute Gasteiger partial charge is 0.322 e. The Labute approximate surface area is 265 Å². The van der Waals surface area contributed by atoms with Crippen molar-refractivity contribution in [1.29, 1.82) is 0 Å². The zero-order chi connectivity index (χ0) is 31.6. The van der Waals surface area contributed by atoms with Crippen molar-refractivity contribution in [2.24, 2.45) is 0 Å². The Morgan fingerprint density at radius 3 is 2.02 bits per heavy atom.